The predicted octanol–water partition coefficient (Wildman–Crippen LogP) is 3.95. The number of nitrogens with zero attached hydrogens (tertiary/aromatic N) is 5. The number of hydrogen-bond acceptors (Lipinski definition) is 6. The summed E-state index contributed by atoms with van der Waals surface area (Å²) in [6, 6.07) is 14.4. The van der Waals surface area contributed by atoms with Gasteiger partial charge >= 0.3 is 5.69 Å². The molecule has 1 aliphatic rings. The van der Waals surface area contributed by atoms with Gasteiger partial charge in [0.1, 0.15) is 23.3 Å². The second-order valence-electron chi connectivity index (χ2n) is 8.84. The van der Waals surface area contributed by atoms with Crippen molar-refractivity contribution in [3.8, 4) is 29.0 Å². The van der Waals surface area contributed by atoms with Gasteiger partial charge in [-0.05, 0) is 66.8 Å². The zero-order chi connectivity index (χ0) is 26.8. The lowest BCUT2D eigenvalue weighted by molar-refractivity contribution is -0.124. The van der Waals surface area contributed by atoms with Crippen LogP contribution < -0.4 is 16.2 Å². The van der Waals surface area contributed by atoms with Gasteiger partial charge in [0, 0.05) is 13.1 Å². The molecule has 38 heavy (non-hydrogen) atoms. The third-order valence-corrected chi connectivity index (χ3v) is 6.51. The molecule has 1 amide bonds. The lowest BCUT2D eigenvalue weighted by Gasteiger charge is -2.14. The zero-order valence-electron chi connectivity index (χ0n) is 20.9. The molecule has 2 aromatic heterocycles. The van der Waals surface area contributed by atoms with Crippen LogP contribution in [-0.4, -0.2) is 43.0 Å². The van der Waals surface area contributed by atoms with Crippen LogP contribution in [-0.2, 0) is 4.79 Å². The van der Waals surface area contributed by atoms with Gasteiger partial charge in [0.05, 0.1) is 11.7 Å². The molecule has 4 aromatic rings. The molecule has 0 spiro atoms. The first kappa shape index (κ1) is 24.6. The second kappa shape index (κ2) is 10.1. The standard InChI is InChI=1S/C29H26N6O3/c1-4-7-25(36)33-15-14-22(17-33)35-28-26(27(30)31-18-32-28)34(29(35)37)21-10-12-23(13-11-21)38-24-9-6-8-20(16-24)19(3)5-2/h5-6,8-13,16,18,22H,2-3,14-15,17H2,1H3,(H2,30,31,32)/t22-/m1/s1. The fourth-order valence-electron chi connectivity index (χ4n) is 4.64. The molecule has 0 saturated carbocycles. The zero-order valence-corrected chi connectivity index (χ0v) is 20.9. The quantitative estimate of drug-likeness (QED) is 0.313. The second-order valence-corrected chi connectivity index (χ2v) is 8.84. The Hall–Kier alpha value is -5.10. The van der Waals surface area contributed by atoms with E-state index in [1.807, 2.05) is 24.3 Å². The third-order valence-electron chi connectivity index (χ3n) is 6.51. The molecule has 5 rings (SSSR count). The highest BCUT2D eigenvalue weighted by molar-refractivity contribution is 5.93. The van der Waals surface area contributed by atoms with Crippen LogP contribution >= 0.6 is 0 Å². The lowest BCUT2D eigenvalue weighted by atomic mass is 10.1. The van der Waals surface area contributed by atoms with Gasteiger partial charge in [-0.1, -0.05) is 37.3 Å². The van der Waals surface area contributed by atoms with E-state index in [0.29, 0.717) is 47.9 Å². The molecule has 0 bridgehead atoms. The van der Waals surface area contributed by atoms with Crippen molar-refractivity contribution in [3.63, 3.8) is 0 Å². The average Bonchev–Trinajstić information content (AvgIpc) is 3.52. The lowest BCUT2D eigenvalue weighted by Crippen LogP contribution is -2.31. The first-order valence-corrected chi connectivity index (χ1v) is 12.1. The Morgan fingerprint density at radius 3 is 2.71 bits per heavy atom. The maximum absolute atomic E-state index is 13.8. The van der Waals surface area contributed by atoms with Crippen molar-refractivity contribution in [2.24, 2.45) is 0 Å². The summed E-state index contributed by atoms with van der Waals surface area (Å²) >= 11 is 0. The highest BCUT2D eigenvalue weighted by atomic mass is 16.5. The Balaban J connectivity index is 1.49. The number of amides is 1. The number of allylic oxidation sites excluding steroid dienone is 2. The summed E-state index contributed by atoms with van der Waals surface area (Å²) in [5.74, 6) is 6.38. The van der Waals surface area contributed by atoms with E-state index in [1.54, 1.807) is 46.7 Å². The van der Waals surface area contributed by atoms with Crippen LogP contribution in [0.2, 0.25) is 0 Å². The summed E-state index contributed by atoms with van der Waals surface area (Å²) in [6.45, 7) is 10.2. The SMILES string of the molecule is C=CC(=C)c1cccc(Oc2ccc(-n3c(=O)n([C@@H]4CCN(C(=O)C#CC)C4)c4ncnc(N)c43)cc2)c1. The van der Waals surface area contributed by atoms with Crippen molar-refractivity contribution in [2.75, 3.05) is 18.8 Å². The molecular weight excluding hydrogens is 480 g/mol. The average molecular weight is 507 g/mol. The van der Waals surface area contributed by atoms with Crippen molar-refractivity contribution in [2.45, 2.75) is 19.4 Å². The Kier molecular flexibility index (Phi) is 6.54. The molecule has 1 aliphatic heterocycles. The van der Waals surface area contributed by atoms with E-state index in [1.165, 1.54) is 10.9 Å². The smallest absolute Gasteiger partial charge is 0.335 e. The molecule has 0 unspecified atom stereocenters. The highest BCUT2D eigenvalue weighted by Gasteiger charge is 2.31. The van der Waals surface area contributed by atoms with E-state index >= 15 is 0 Å². The Labute approximate surface area is 219 Å². The molecular formula is C29H26N6O3. The number of nitrogen functional groups attached to an aromatic ring is 1. The number of imidazole rings is 1. The van der Waals surface area contributed by atoms with E-state index in [-0.39, 0.29) is 23.5 Å². The van der Waals surface area contributed by atoms with Gasteiger partial charge in [-0.25, -0.2) is 14.8 Å². The third kappa shape index (κ3) is 4.44. The van der Waals surface area contributed by atoms with Gasteiger partial charge in [0.2, 0.25) is 0 Å². The molecule has 0 radical (unpaired) electrons. The van der Waals surface area contributed by atoms with E-state index in [4.69, 9.17) is 10.5 Å². The van der Waals surface area contributed by atoms with Gasteiger partial charge in [-0.2, -0.15) is 0 Å². The van der Waals surface area contributed by atoms with Crippen LogP contribution in [0.15, 0.2) is 78.9 Å². The summed E-state index contributed by atoms with van der Waals surface area (Å²) in [5.41, 5.74) is 9.06. The molecule has 2 aromatic carbocycles. The fourth-order valence-corrected chi connectivity index (χ4v) is 4.64. The van der Waals surface area contributed by atoms with Gasteiger partial charge in [-0.15, -0.1) is 0 Å². The summed E-state index contributed by atoms with van der Waals surface area (Å²) in [4.78, 5) is 36.2. The molecule has 9 nitrogen and oxygen atoms in total. The normalized spacial score (nSPS) is 14.7. The molecule has 3 heterocycles. The fraction of sp³-hybridized carbons (Fsp3) is 0.172. The monoisotopic (exact) mass is 506 g/mol. The number of nitrogens with two attached hydrogens (primary N) is 1. The molecule has 1 fully saturated rings. The Morgan fingerprint density at radius 2 is 1.97 bits per heavy atom. The molecule has 9 heteroatoms. The number of aromatic nitrogens is 4. The molecule has 1 atom stereocenters. The minimum atomic E-state index is -0.308. The summed E-state index contributed by atoms with van der Waals surface area (Å²) < 4.78 is 9.12. The van der Waals surface area contributed by atoms with Crippen LogP contribution in [0.3, 0.4) is 0 Å². The van der Waals surface area contributed by atoms with Gasteiger partial charge in [0.25, 0.3) is 5.91 Å². The number of rotatable bonds is 6. The van der Waals surface area contributed by atoms with E-state index in [0.717, 1.165) is 11.1 Å². The maximum atomic E-state index is 13.8. The number of likely N-dealkylation sites (tertiary alicyclic amines) is 1. The van der Waals surface area contributed by atoms with E-state index < -0.39 is 0 Å². The first-order valence-electron chi connectivity index (χ1n) is 12.1. The Morgan fingerprint density at radius 1 is 1.18 bits per heavy atom. The van der Waals surface area contributed by atoms with Crippen LogP contribution in [0, 0.1) is 11.8 Å². The Bertz CT molecular complexity index is 1690. The highest BCUT2D eigenvalue weighted by Crippen LogP contribution is 2.29. The van der Waals surface area contributed by atoms with Gasteiger partial charge < -0.3 is 15.4 Å². The first-order chi connectivity index (χ1) is 18.4. The van der Waals surface area contributed by atoms with Crippen molar-refractivity contribution >= 4 is 28.5 Å². The van der Waals surface area contributed by atoms with Crippen LogP contribution in [0.25, 0.3) is 22.4 Å². The van der Waals surface area contributed by atoms with Crippen molar-refractivity contribution < 1.29 is 9.53 Å². The summed E-state index contributed by atoms with van der Waals surface area (Å²) in [5, 5.41) is 0. The summed E-state index contributed by atoms with van der Waals surface area (Å²) in [6.07, 6.45) is 3.63. The maximum Gasteiger partial charge on any atom is 0.335 e. The summed E-state index contributed by atoms with van der Waals surface area (Å²) in [7, 11) is 0. The molecule has 190 valence electrons. The van der Waals surface area contributed by atoms with Gasteiger partial charge in [-0.3, -0.25) is 13.9 Å². The number of hydrogen-bond donors (Lipinski definition) is 1. The number of ether oxygens (including phenoxy) is 1. The number of benzene rings is 2. The van der Waals surface area contributed by atoms with Crippen molar-refractivity contribution in [1.82, 2.24) is 24.0 Å². The van der Waals surface area contributed by atoms with E-state index in [2.05, 4.69) is 35.0 Å². The minimum Gasteiger partial charge on any atom is -0.457 e. The largest absolute Gasteiger partial charge is 0.457 e. The number of carbonyl (C=O) groups is 1. The van der Waals surface area contributed by atoms with Crippen molar-refractivity contribution in [1.29, 1.82) is 0 Å². The molecule has 1 saturated heterocycles. The molecule has 2 N–H and O–H groups in total. The van der Waals surface area contributed by atoms with Gasteiger partial charge in [0.15, 0.2) is 11.5 Å². The number of carbonyl (C=O) groups excluding carboxylic acids is 1. The number of anilines is 1. The van der Waals surface area contributed by atoms with Crippen LogP contribution in [0.5, 0.6) is 11.5 Å². The van der Waals surface area contributed by atoms with Crippen LogP contribution in [0.4, 0.5) is 5.82 Å². The predicted molar refractivity (Wildman–Crippen MR) is 147 cm³/mol. The van der Waals surface area contributed by atoms with Crippen LogP contribution in [0.1, 0.15) is 24.9 Å². The topological polar surface area (TPSA) is 108 Å². The van der Waals surface area contributed by atoms with Crippen molar-refractivity contribution in [3.05, 3.63) is 90.1 Å². The molecule has 0 aliphatic carbocycles. The number of fused-ring (bicyclic) bond motifs is 1. The van der Waals surface area contributed by atoms with E-state index in [9.17, 15) is 9.59 Å². The minimum absolute atomic E-state index is 0.188.